The van der Waals surface area contributed by atoms with Gasteiger partial charge in [-0.15, -0.1) is 11.3 Å². The minimum Gasteiger partial charge on any atom is -0.497 e. The largest absolute Gasteiger partial charge is 0.497 e. The van der Waals surface area contributed by atoms with Crippen molar-refractivity contribution in [3.8, 4) is 5.75 Å². The molecule has 1 aromatic heterocycles. The minimum atomic E-state index is -3.79. The number of aromatic nitrogens is 1. The Morgan fingerprint density at radius 3 is 2.73 bits per heavy atom. The lowest BCUT2D eigenvalue weighted by Crippen LogP contribution is -2.44. The van der Waals surface area contributed by atoms with Crippen molar-refractivity contribution in [2.24, 2.45) is 0 Å². The first kappa shape index (κ1) is 23.6. The van der Waals surface area contributed by atoms with Gasteiger partial charge in [0.2, 0.25) is 0 Å². The fourth-order valence-corrected chi connectivity index (χ4v) is 5.68. The van der Waals surface area contributed by atoms with Gasteiger partial charge in [-0.25, -0.2) is 13.4 Å². The Bertz CT molecular complexity index is 1200. The molecule has 8 nitrogen and oxygen atoms in total. The summed E-state index contributed by atoms with van der Waals surface area (Å²) in [5.74, 6) is 1.05. The van der Waals surface area contributed by atoms with Crippen LogP contribution < -0.4 is 25.0 Å². The number of hydrogen-bond acceptors (Lipinski definition) is 8. The second-order valence-electron chi connectivity index (χ2n) is 7.70. The van der Waals surface area contributed by atoms with Gasteiger partial charge >= 0.3 is 0 Å². The van der Waals surface area contributed by atoms with Crippen molar-refractivity contribution in [1.29, 1.82) is 0 Å². The van der Waals surface area contributed by atoms with Crippen molar-refractivity contribution in [2.45, 2.75) is 23.8 Å². The van der Waals surface area contributed by atoms with E-state index >= 15 is 0 Å². The van der Waals surface area contributed by atoms with E-state index in [1.807, 2.05) is 25.2 Å². The molecule has 3 aromatic rings. The summed E-state index contributed by atoms with van der Waals surface area (Å²) in [5, 5.41) is 8.66. The third kappa shape index (κ3) is 5.52. The molecular formula is C22H26ClN5O3S2. The highest BCUT2D eigenvalue weighted by molar-refractivity contribution is 7.92. The average Bonchev–Trinajstić information content (AvgIpc) is 3.33. The van der Waals surface area contributed by atoms with E-state index in [0.29, 0.717) is 16.8 Å². The smallest absolute Gasteiger partial charge is 0.263 e. The van der Waals surface area contributed by atoms with E-state index in [1.54, 1.807) is 24.1 Å². The Labute approximate surface area is 203 Å². The number of ether oxygens (including phenoxy) is 1. The van der Waals surface area contributed by atoms with Crippen LogP contribution in [0.5, 0.6) is 5.75 Å². The Morgan fingerprint density at radius 2 is 2.03 bits per heavy atom. The van der Waals surface area contributed by atoms with Crippen LogP contribution in [0.15, 0.2) is 52.2 Å². The third-order valence-electron chi connectivity index (χ3n) is 5.57. The molecule has 1 aliphatic heterocycles. The first-order valence-corrected chi connectivity index (χ1v) is 13.3. The number of thiazole rings is 1. The molecule has 3 N–H and O–H groups in total. The number of anilines is 4. The molecule has 0 radical (unpaired) electrons. The summed E-state index contributed by atoms with van der Waals surface area (Å²) in [7, 11) is -0.157. The number of piperidine rings is 1. The predicted octanol–water partition coefficient (Wildman–Crippen LogP) is 4.54. The molecule has 0 unspecified atom stereocenters. The first-order valence-electron chi connectivity index (χ1n) is 10.5. The molecule has 0 amide bonds. The van der Waals surface area contributed by atoms with Crippen LogP contribution in [0, 0.1) is 0 Å². The molecule has 0 aliphatic carbocycles. The van der Waals surface area contributed by atoms with E-state index in [9.17, 15) is 8.42 Å². The number of halogens is 1. The minimum absolute atomic E-state index is 0.0638. The van der Waals surface area contributed by atoms with Crippen LogP contribution in [0.25, 0.3) is 0 Å². The molecule has 1 fully saturated rings. The standard InChI is InChI=1S/C22H26ClN5O3S2/c1-24-15-4-3-9-28(12-15)21-10-16(31-2)5-7-20(21)26-19-8-6-17(11-18(19)23)33(29,30)27-22-13-32-14-25-22/h5-8,10-11,13-15,24,26-27H,3-4,9,12H2,1-2H3/t15-/m1/s1. The number of sulfonamides is 1. The lowest BCUT2D eigenvalue weighted by atomic mass is 10.0. The van der Waals surface area contributed by atoms with Gasteiger partial charge in [0.25, 0.3) is 10.0 Å². The van der Waals surface area contributed by atoms with Crippen molar-refractivity contribution < 1.29 is 13.2 Å². The topological polar surface area (TPSA) is 95.6 Å². The third-order valence-corrected chi connectivity index (χ3v) is 7.82. The Balaban J connectivity index is 1.60. The van der Waals surface area contributed by atoms with Crippen LogP contribution in [0.1, 0.15) is 12.8 Å². The van der Waals surface area contributed by atoms with Crippen LogP contribution in [0.3, 0.4) is 0 Å². The summed E-state index contributed by atoms with van der Waals surface area (Å²) in [5.41, 5.74) is 4.04. The molecule has 176 valence electrons. The molecule has 0 bridgehead atoms. The molecule has 1 aliphatic rings. The van der Waals surface area contributed by atoms with Gasteiger partial charge in [-0.1, -0.05) is 11.6 Å². The number of benzene rings is 2. The summed E-state index contributed by atoms with van der Waals surface area (Å²) < 4.78 is 33.2. The predicted molar refractivity (Wildman–Crippen MR) is 135 cm³/mol. The number of methoxy groups -OCH3 is 1. The number of likely N-dealkylation sites (N-methyl/N-ethyl adjacent to an activating group) is 1. The molecule has 2 heterocycles. The van der Waals surface area contributed by atoms with Gasteiger partial charge in [0.1, 0.15) is 5.75 Å². The van der Waals surface area contributed by atoms with Crippen LogP contribution >= 0.6 is 22.9 Å². The molecule has 0 saturated carbocycles. The summed E-state index contributed by atoms with van der Waals surface area (Å²) in [6, 6.07) is 10.9. The van der Waals surface area contributed by atoms with Gasteiger partial charge in [0, 0.05) is 30.6 Å². The van der Waals surface area contributed by atoms with E-state index in [4.69, 9.17) is 16.3 Å². The first-order chi connectivity index (χ1) is 15.9. The van der Waals surface area contributed by atoms with Gasteiger partial charge in [-0.05, 0) is 50.2 Å². The lowest BCUT2D eigenvalue weighted by Gasteiger charge is -2.35. The molecule has 2 aromatic carbocycles. The summed E-state index contributed by atoms with van der Waals surface area (Å²) >= 11 is 7.80. The lowest BCUT2D eigenvalue weighted by molar-refractivity contribution is 0.413. The van der Waals surface area contributed by atoms with Crippen molar-refractivity contribution in [3.63, 3.8) is 0 Å². The summed E-state index contributed by atoms with van der Waals surface area (Å²) in [4.78, 5) is 6.35. The molecule has 0 spiro atoms. The van der Waals surface area contributed by atoms with Crippen LogP contribution in [-0.2, 0) is 10.0 Å². The van der Waals surface area contributed by atoms with Gasteiger partial charge in [0.15, 0.2) is 5.82 Å². The van der Waals surface area contributed by atoms with Crippen molar-refractivity contribution >= 4 is 55.8 Å². The van der Waals surface area contributed by atoms with Crippen LogP contribution in [0.4, 0.5) is 22.9 Å². The molecule has 11 heteroatoms. The summed E-state index contributed by atoms with van der Waals surface area (Å²) in [6.07, 6.45) is 2.22. The maximum absolute atomic E-state index is 12.7. The number of nitrogens with zero attached hydrogens (tertiary/aromatic N) is 2. The Hall–Kier alpha value is -2.53. The molecule has 1 atom stereocenters. The maximum atomic E-state index is 12.7. The van der Waals surface area contributed by atoms with Gasteiger partial charge in [0.05, 0.1) is 39.6 Å². The van der Waals surface area contributed by atoms with E-state index < -0.39 is 10.0 Å². The highest BCUT2D eigenvalue weighted by atomic mass is 35.5. The monoisotopic (exact) mass is 507 g/mol. The van der Waals surface area contributed by atoms with Gasteiger partial charge in [-0.3, -0.25) is 4.72 Å². The maximum Gasteiger partial charge on any atom is 0.263 e. The number of rotatable bonds is 8. The second kappa shape index (κ2) is 10.2. The zero-order valence-corrected chi connectivity index (χ0v) is 20.7. The van der Waals surface area contributed by atoms with E-state index in [2.05, 4.69) is 25.2 Å². The Morgan fingerprint density at radius 1 is 1.21 bits per heavy atom. The van der Waals surface area contributed by atoms with E-state index in [1.165, 1.54) is 23.5 Å². The van der Waals surface area contributed by atoms with Crippen molar-refractivity contribution in [2.75, 3.05) is 42.2 Å². The van der Waals surface area contributed by atoms with Crippen molar-refractivity contribution in [3.05, 3.63) is 52.3 Å². The molecule has 33 heavy (non-hydrogen) atoms. The van der Waals surface area contributed by atoms with E-state index in [0.717, 1.165) is 43.1 Å². The number of hydrogen-bond donors (Lipinski definition) is 3. The SMILES string of the molecule is CN[C@@H]1CCCN(c2cc(OC)ccc2Nc2ccc(S(=O)(=O)Nc3cscn3)cc2Cl)C1. The zero-order chi connectivity index (χ0) is 23.4. The summed E-state index contributed by atoms with van der Waals surface area (Å²) in [6.45, 7) is 1.82. The highest BCUT2D eigenvalue weighted by Gasteiger charge is 2.22. The molecule has 4 rings (SSSR count). The van der Waals surface area contributed by atoms with Crippen molar-refractivity contribution in [1.82, 2.24) is 10.3 Å². The average molecular weight is 508 g/mol. The van der Waals surface area contributed by atoms with Crippen LogP contribution in [0.2, 0.25) is 5.02 Å². The quantitative estimate of drug-likeness (QED) is 0.412. The molecule has 1 saturated heterocycles. The van der Waals surface area contributed by atoms with Gasteiger partial charge in [-0.2, -0.15) is 0 Å². The van der Waals surface area contributed by atoms with E-state index in [-0.39, 0.29) is 10.7 Å². The fraction of sp³-hybridized carbons (Fsp3) is 0.318. The van der Waals surface area contributed by atoms with Gasteiger partial charge < -0.3 is 20.3 Å². The Kier molecular flexibility index (Phi) is 7.28. The number of nitrogens with one attached hydrogen (secondary N) is 3. The second-order valence-corrected chi connectivity index (χ2v) is 10.5. The van der Waals surface area contributed by atoms with Crippen LogP contribution in [-0.4, -0.2) is 46.7 Å². The highest BCUT2D eigenvalue weighted by Crippen LogP contribution is 2.36. The fourth-order valence-electron chi connectivity index (χ4n) is 3.81. The normalized spacial score (nSPS) is 16.5. The molecular weight excluding hydrogens is 482 g/mol. The zero-order valence-electron chi connectivity index (χ0n) is 18.3.